The molecule has 9 heteroatoms. The number of benzene rings is 2. The van der Waals surface area contributed by atoms with Gasteiger partial charge >= 0.3 is 0 Å². The van der Waals surface area contributed by atoms with E-state index in [9.17, 15) is 15.3 Å². The van der Waals surface area contributed by atoms with E-state index in [1.807, 2.05) is 0 Å². The molecule has 1 amide bonds. The molecule has 3 aromatic rings. The minimum absolute atomic E-state index is 0.0113. The van der Waals surface area contributed by atoms with Crippen LogP contribution in [0.4, 0.5) is 17.3 Å². The first-order chi connectivity index (χ1) is 20.9. The highest BCUT2D eigenvalue weighted by molar-refractivity contribution is 5.94. The van der Waals surface area contributed by atoms with Crippen LogP contribution in [-0.4, -0.2) is 73.3 Å². The van der Waals surface area contributed by atoms with E-state index in [0.29, 0.717) is 50.6 Å². The van der Waals surface area contributed by atoms with Crippen LogP contribution >= 0.6 is 0 Å². The maximum absolute atomic E-state index is 12.6. The molecule has 3 atom stereocenters. The topological polar surface area (TPSA) is 99.7 Å². The van der Waals surface area contributed by atoms with Crippen LogP contribution in [-0.2, 0) is 22.5 Å². The van der Waals surface area contributed by atoms with E-state index in [-0.39, 0.29) is 30.6 Å². The van der Waals surface area contributed by atoms with E-state index in [1.54, 1.807) is 4.90 Å². The summed E-state index contributed by atoms with van der Waals surface area (Å²) in [5, 5.41) is 22.6. The second-order valence-electron chi connectivity index (χ2n) is 11.7. The number of piperazine rings is 1. The zero-order valence-corrected chi connectivity index (χ0v) is 24.9. The van der Waals surface area contributed by atoms with Gasteiger partial charge in [-0.1, -0.05) is 43.0 Å². The standard InChI is InChI=1S/C34H37N7O2/c1-4-32(42)41-17-16-39(21-26(41)12-14-35)33-28-13-15-38(31-11-7-9-25-8-5-6-10-27(25)31)22-30(28)29(18-36)34(37-33)40-19-23(2)43-24(3)20-40/h4-11,23-24,26H,1,12-13,15-17,19-22H2,2-3H3/t23?,24?,26-/m0/s1. The molecule has 6 rings (SSSR count). The molecule has 0 spiro atoms. The van der Waals surface area contributed by atoms with Gasteiger partial charge in [-0.25, -0.2) is 4.98 Å². The number of carbonyl (C=O) groups excluding carboxylic acids is 1. The first kappa shape index (κ1) is 28.5. The minimum Gasteiger partial charge on any atom is -0.372 e. The third kappa shape index (κ3) is 5.37. The fourth-order valence-electron chi connectivity index (χ4n) is 6.98. The second kappa shape index (κ2) is 11.9. The van der Waals surface area contributed by atoms with Gasteiger partial charge in [0.2, 0.25) is 5.91 Å². The van der Waals surface area contributed by atoms with E-state index >= 15 is 0 Å². The van der Waals surface area contributed by atoms with Crippen molar-refractivity contribution in [3.8, 4) is 12.1 Å². The predicted molar refractivity (Wildman–Crippen MR) is 168 cm³/mol. The monoisotopic (exact) mass is 575 g/mol. The lowest BCUT2D eigenvalue weighted by molar-refractivity contribution is -0.128. The summed E-state index contributed by atoms with van der Waals surface area (Å²) in [6.45, 7) is 12.0. The molecule has 2 saturated heterocycles. The minimum atomic E-state index is -0.264. The van der Waals surface area contributed by atoms with Crippen molar-refractivity contribution >= 4 is 34.0 Å². The van der Waals surface area contributed by atoms with Gasteiger partial charge in [-0.2, -0.15) is 10.5 Å². The first-order valence-corrected chi connectivity index (χ1v) is 15.1. The zero-order valence-electron chi connectivity index (χ0n) is 24.9. The zero-order chi connectivity index (χ0) is 30.1. The molecule has 220 valence electrons. The molecular weight excluding hydrogens is 538 g/mol. The van der Waals surface area contributed by atoms with Gasteiger partial charge in [-0.15, -0.1) is 0 Å². The molecule has 2 fully saturated rings. The fraction of sp³-hybridized carbons (Fsp3) is 0.412. The molecule has 2 aromatic carbocycles. The van der Waals surface area contributed by atoms with Gasteiger partial charge in [0.25, 0.3) is 0 Å². The van der Waals surface area contributed by atoms with Crippen LogP contribution in [0.1, 0.15) is 37.0 Å². The molecule has 0 bridgehead atoms. The first-order valence-electron chi connectivity index (χ1n) is 15.1. The molecule has 3 aliphatic heterocycles. The van der Waals surface area contributed by atoms with Crippen molar-refractivity contribution in [1.29, 1.82) is 10.5 Å². The predicted octanol–water partition coefficient (Wildman–Crippen LogP) is 4.40. The average molecular weight is 576 g/mol. The van der Waals surface area contributed by atoms with Crippen LogP contribution in [0.15, 0.2) is 55.1 Å². The fourth-order valence-corrected chi connectivity index (χ4v) is 6.98. The van der Waals surface area contributed by atoms with Crippen LogP contribution < -0.4 is 14.7 Å². The molecule has 0 aliphatic carbocycles. The van der Waals surface area contributed by atoms with Crippen molar-refractivity contribution in [2.24, 2.45) is 0 Å². The van der Waals surface area contributed by atoms with E-state index in [0.717, 1.165) is 35.6 Å². The van der Waals surface area contributed by atoms with Gasteiger partial charge in [0, 0.05) is 62.5 Å². The molecular formula is C34H37N7O2. The summed E-state index contributed by atoms with van der Waals surface area (Å²) in [4.78, 5) is 26.4. The Balaban J connectivity index is 1.45. The Hall–Kier alpha value is -4.60. The van der Waals surface area contributed by atoms with Crippen LogP contribution in [0.2, 0.25) is 0 Å². The summed E-state index contributed by atoms with van der Waals surface area (Å²) in [7, 11) is 0. The van der Waals surface area contributed by atoms with E-state index in [4.69, 9.17) is 9.72 Å². The highest BCUT2D eigenvalue weighted by Gasteiger charge is 2.36. The van der Waals surface area contributed by atoms with Crippen molar-refractivity contribution in [2.45, 2.75) is 51.5 Å². The normalized spacial score (nSPS) is 22.1. The Morgan fingerprint density at radius 3 is 2.49 bits per heavy atom. The Bertz CT molecular complexity index is 1620. The SMILES string of the molecule is C=CC(=O)N1CCN(c2nc(N3CC(C)OC(C)C3)c(C#N)c3c2CCN(c2cccc4ccccc24)C3)C[C@@H]1CC#N. The number of nitrogens with zero attached hydrogens (tertiary/aromatic N) is 7. The Kier molecular flexibility index (Phi) is 7.92. The summed E-state index contributed by atoms with van der Waals surface area (Å²) >= 11 is 0. The third-order valence-corrected chi connectivity index (χ3v) is 8.86. The Morgan fingerprint density at radius 2 is 1.74 bits per heavy atom. The summed E-state index contributed by atoms with van der Waals surface area (Å²) in [5.41, 5.74) is 3.88. The van der Waals surface area contributed by atoms with Gasteiger partial charge < -0.3 is 24.3 Å². The summed E-state index contributed by atoms with van der Waals surface area (Å²) < 4.78 is 6.03. The highest BCUT2D eigenvalue weighted by Crippen LogP contribution is 2.39. The molecule has 2 unspecified atom stereocenters. The number of morpholine rings is 1. The summed E-state index contributed by atoms with van der Waals surface area (Å²) in [6.07, 6.45) is 2.31. The molecule has 0 saturated carbocycles. The number of amides is 1. The number of nitriles is 2. The van der Waals surface area contributed by atoms with Gasteiger partial charge in [-0.3, -0.25) is 4.79 Å². The number of ether oxygens (including phenoxy) is 1. The number of fused-ring (bicyclic) bond motifs is 2. The van der Waals surface area contributed by atoms with Gasteiger partial charge in [-0.05, 0) is 43.4 Å². The molecule has 4 heterocycles. The number of carbonyl (C=O) groups is 1. The van der Waals surface area contributed by atoms with Crippen molar-refractivity contribution in [1.82, 2.24) is 9.88 Å². The lowest BCUT2D eigenvalue weighted by Crippen LogP contribution is -2.55. The summed E-state index contributed by atoms with van der Waals surface area (Å²) in [6, 6.07) is 19.4. The Morgan fingerprint density at radius 1 is 0.977 bits per heavy atom. The van der Waals surface area contributed by atoms with Crippen LogP contribution in [0, 0.1) is 22.7 Å². The molecule has 0 N–H and O–H groups in total. The van der Waals surface area contributed by atoms with Crippen LogP contribution in [0.3, 0.4) is 0 Å². The van der Waals surface area contributed by atoms with Crippen LogP contribution in [0.25, 0.3) is 10.8 Å². The number of rotatable bonds is 5. The quantitative estimate of drug-likeness (QED) is 0.413. The average Bonchev–Trinajstić information content (AvgIpc) is 3.02. The molecule has 43 heavy (non-hydrogen) atoms. The molecule has 3 aliphatic rings. The van der Waals surface area contributed by atoms with E-state index in [1.165, 1.54) is 16.8 Å². The molecule has 0 radical (unpaired) electrons. The lowest BCUT2D eigenvalue weighted by Gasteiger charge is -2.43. The second-order valence-corrected chi connectivity index (χ2v) is 11.7. The molecule has 1 aromatic heterocycles. The lowest BCUT2D eigenvalue weighted by atomic mass is 9.93. The number of hydrogen-bond donors (Lipinski definition) is 0. The smallest absolute Gasteiger partial charge is 0.246 e. The van der Waals surface area contributed by atoms with Gasteiger partial charge in [0.15, 0.2) is 0 Å². The van der Waals surface area contributed by atoms with Crippen molar-refractivity contribution in [3.63, 3.8) is 0 Å². The van der Waals surface area contributed by atoms with Crippen molar-refractivity contribution in [2.75, 3.05) is 54.0 Å². The largest absolute Gasteiger partial charge is 0.372 e. The van der Waals surface area contributed by atoms with Gasteiger partial charge in [0.1, 0.15) is 17.7 Å². The molecule has 9 nitrogen and oxygen atoms in total. The van der Waals surface area contributed by atoms with E-state index in [2.05, 4.69) is 89.7 Å². The van der Waals surface area contributed by atoms with Crippen molar-refractivity contribution in [3.05, 3.63) is 71.8 Å². The van der Waals surface area contributed by atoms with Gasteiger partial charge in [0.05, 0.1) is 36.3 Å². The number of aromatic nitrogens is 1. The summed E-state index contributed by atoms with van der Waals surface area (Å²) in [5.74, 6) is 1.40. The number of pyridine rings is 1. The number of hydrogen-bond acceptors (Lipinski definition) is 8. The Labute approximate surface area is 253 Å². The number of anilines is 3. The highest BCUT2D eigenvalue weighted by atomic mass is 16.5. The van der Waals surface area contributed by atoms with E-state index < -0.39 is 0 Å². The van der Waals surface area contributed by atoms with Crippen molar-refractivity contribution < 1.29 is 9.53 Å². The maximum atomic E-state index is 12.6. The third-order valence-electron chi connectivity index (χ3n) is 8.86. The maximum Gasteiger partial charge on any atom is 0.246 e. The van der Waals surface area contributed by atoms with Crippen LogP contribution in [0.5, 0.6) is 0 Å².